The van der Waals surface area contributed by atoms with Gasteiger partial charge in [0, 0.05) is 10.2 Å². The monoisotopic (exact) mass is 312 g/mol. The number of nitrogens with two attached hydrogens (primary N) is 1. The molecule has 0 aromatic heterocycles. The molecule has 0 spiro atoms. The number of nitrogens with zero attached hydrogens (tertiary/aromatic N) is 1. The van der Waals surface area contributed by atoms with Crippen LogP contribution < -0.4 is 10.6 Å². The van der Waals surface area contributed by atoms with Crippen LogP contribution in [-0.4, -0.2) is 31.2 Å². The maximum Gasteiger partial charge on any atom is 0.253 e. The Morgan fingerprint density at radius 1 is 1.44 bits per heavy atom. The summed E-state index contributed by atoms with van der Waals surface area (Å²) >= 11 is 3.39. The van der Waals surface area contributed by atoms with Crippen molar-refractivity contribution in [3.8, 4) is 0 Å². The Morgan fingerprint density at radius 2 is 2.11 bits per heavy atom. The first-order valence-electron chi connectivity index (χ1n) is 5.94. The summed E-state index contributed by atoms with van der Waals surface area (Å²) in [5, 5.41) is 0. The van der Waals surface area contributed by atoms with Crippen molar-refractivity contribution in [2.45, 2.75) is 18.9 Å². The summed E-state index contributed by atoms with van der Waals surface area (Å²) < 4.78 is 6.61. The van der Waals surface area contributed by atoms with Crippen molar-refractivity contribution in [3.05, 3.63) is 28.7 Å². The van der Waals surface area contributed by atoms with E-state index in [9.17, 15) is 4.79 Å². The Kier molecular flexibility index (Phi) is 4.04. The normalized spacial score (nSPS) is 24.4. The lowest BCUT2D eigenvalue weighted by Gasteiger charge is -2.40. The molecule has 1 unspecified atom stereocenters. The molecule has 2 rings (SSSR count). The average Bonchev–Trinajstić information content (AvgIpc) is 2.34. The third kappa shape index (κ3) is 2.91. The van der Waals surface area contributed by atoms with Crippen LogP contribution >= 0.6 is 15.9 Å². The van der Waals surface area contributed by atoms with Crippen LogP contribution in [0.5, 0.6) is 0 Å². The highest BCUT2D eigenvalue weighted by Crippen LogP contribution is 2.27. The van der Waals surface area contributed by atoms with E-state index in [0.29, 0.717) is 13.1 Å². The number of rotatable bonds is 3. The maximum absolute atomic E-state index is 11.9. The van der Waals surface area contributed by atoms with Gasteiger partial charge >= 0.3 is 0 Å². The van der Waals surface area contributed by atoms with Crippen LogP contribution in [0.15, 0.2) is 28.7 Å². The topological polar surface area (TPSA) is 55.6 Å². The predicted octanol–water partition coefficient (Wildman–Crippen LogP) is 1.92. The van der Waals surface area contributed by atoms with Crippen molar-refractivity contribution in [1.82, 2.24) is 0 Å². The first kappa shape index (κ1) is 13.5. The second-order valence-corrected chi connectivity index (χ2v) is 5.65. The Balaban J connectivity index is 2.20. The number of amides is 1. The lowest BCUT2D eigenvalue weighted by Crippen LogP contribution is -2.54. The summed E-state index contributed by atoms with van der Waals surface area (Å²) in [4.78, 5) is 13.7. The van der Waals surface area contributed by atoms with Gasteiger partial charge in [0.2, 0.25) is 0 Å². The fourth-order valence-corrected chi connectivity index (χ4v) is 2.36. The molecule has 1 amide bonds. The van der Waals surface area contributed by atoms with Gasteiger partial charge in [0.25, 0.3) is 5.91 Å². The Hall–Kier alpha value is -0.910. The molecule has 0 saturated carbocycles. The highest BCUT2D eigenvalue weighted by molar-refractivity contribution is 9.10. The molecule has 0 bridgehead atoms. The summed E-state index contributed by atoms with van der Waals surface area (Å²) in [5.41, 5.74) is 6.14. The number of benzene rings is 1. The van der Waals surface area contributed by atoms with Gasteiger partial charge in [-0.3, -0.25) is 4.79 Å². The van der Waals surface area contributed by atoms with Gasteiger partial charge in [-0.2, -0.15) is 0 Å². The zero-order valence-corrected chi connectivity index (χ0v) is 11.9. The molecular formula is C13H17BrN2O2. The van der Waals surface area contributed by atoms with Crippen molar-refractivity contribution in [2.75, 3.05) is 24.6 Å². The molecule has 98 valence electrons. The van der Waals surface area contributed by atoms with Crippen LogP contribution in [-0.2, 0) is 9.53 Å². The van der Waals surface area contributed by atoms with E-state index in [1.54, 1.807) is 4.90 Å². The van der Waals surface area contributed by atoms with Crippen LogP contribution in [0.1, 0.15) is 13.3 Å². The van der Waals surface area contributed by atoms with Gasteiger partial charge in [-0.1, -0.05) is 15.9 Å². The Morgan fingerprint density at radius 3 is 2.72 bits per heavy atom. The van der Waals surface area contributed by atoms with Gasteiger partial charge in [0.1, 0.15) is 6.61 Å². The van der Waals surface area contributed by atoms with Crippen LogP contribution in [0.4, 0.5) is 5.69 Å². The molecule has 4 nitrogen and oxygen atoms in total. The van der Waals surface area contributed by atoms with Gasteiger partial charge in [0.05, 0.1) is 12.1 Å². The zero-order valence-electron chi connectivity index (χ0n) is 10.4. The first-order valence-corrected chi connectivity index (χ1v) is 6.73. The second kappa shape index (κ2) is 5.38. The van der Waals surface area contributed by atoms with E-state index in [1.165, 1.54) is 0 Å². The van der Waals surface area contributed by atoms with E-state index in [0.717, 1.165) is 16.6 Å². The molecule has 1 atom stereocenters. The molecule has 1 aliphatic rings. The van der Waals surface area contributed by atoms with Crippen molar-refractivity contribution >= 4 is 27.5 Å². The summed E-state index contributed by atoms with van der Waals surface area (Å²) in [5.74, 6) is -0.00758. The molecule has 1 aliphatic heterocycles. The summed E-state index contributed by atoms with van der Waals surface area (Å²) in [7, 11) is 0. The second-order valence-electron chi connectivity index (χ2n) is 4.73. The minimum Gasteiger partial charge on any atom is -0.364 e. The summed E-state index contributed by atoms with van der Waals surface area (Å²) in [6, 6.07) is 7.71. The number of hydrogen-bond donors (Lipinski definition) is 1. The quantitative estimate of drug-likeness (QED) is 0.927. The number of hydrogen-bond acceptors (Lipinski definition) is 3. The van der Waals surface area contributed by atoms with Gasteiger partial charge < -0.3 is 15.4 Å². The number of halogens is 1. The third-order valence-corrected chi connectivity index (χ3v) is 3.68. The molecule has 1 fully saturated rings. The Labute approximate surface area is 115 Å². The molecular weight excluding hydrogens is 296 g/mol. The van der Waals surface area contributed by atoms with E-state index < -0.39 is 0 Å². The molecule has 18 heavy (non-hydrogen) atoms. The lowest BCUT2D eigenvalue weighted by molar-refractivity contribution is -0.137. The number of carbonyl (C=O) groups excluding carboxylic acids is 1. The summed E-state index contributed by atoms with van der Waals surface area (Å²) in [6.07, 6.45) is 0.743. The fraction of sp³-hybridized carbons (Fsp3) is 0.462. The molecule has 5 heteroatoms. The predicted molar refractivity (Wildman–Crippen MR) is 74.5 cm³/mol. The highest BCUT2D eigenvalue weighted by atomic mass is 79.9. The van der Waals surface area contributed by atoms with Crippen LogP contribution in [0, 0.1) is 0 Å². The number of carbonyl (C=O) groups is 1. The van der Waals surface area contributed by atoms with Crippen molar-refractivity contribution in [3.63, 3.8) is 0 Å². The van der Waals surface area contributed by atoms with Gasteiger partial charge in [-0.05, 0) is 44.2 Å². The maximum atomic E-state index is 11.9. The van der Waals surface area contributed by atoms with Gasteiger partial charge in [0.15, 0.2) is 0 Å². The van der Waals surface area contributed by atoms with E-state index >= 15 is 0 Å². The fourth-order valence-electron chi connectivity index (χ4n) is 2.10. The molecule has 1 heterocycles. The van der Waals surface area contributed by atoms with E-state index in [-0.39, 0.29) is 18.1 Å². The largest absolute Gasteiger partial charge is 0.364 e. The molecule has 1 aromatic carbocycles. The van der Waals surface area contributed by atoms with Crippen molar-refractivity contribution in [1.29, 1.82) is 0 Å². The smallest absolute Gasteiger partial charge is 0.253 e. The Bertz CT molecular complexity index is 435. The van der Waals surface area contributed by atoms with Crippen LogP contribution in [0.2, 0.25) is 0 Å². The average molecular weight is 313 g/mol. The van der Waals surface area contributed by atoms with Crippen molar-refractivity contribution < 1.29 is 9.53 Å². The lowest BCUT2D eigenvalue weighted by atomic mass is 9.99. The third-order valence-electron chi connectivity index (χ3n) is 3.15. The zero-order chi connectivity index (χ0) is 13.2. The van der Waals surface area contributed by atoms with E-state index in [4.69, 9.17) is 10.5 Å². The minimum atomic E-state index is -0.351. The summed E-state index contributed by atoms with van der Waals surface area (Å²) in [6.45, 7) is 3.22. The number of ether oxygens (including phenoxy) is 1. The van der Waals surface area contributed by atoms with Gasteiger partial charge in [-0.25, -0.2) is 0 Å². The van der Waals surface area contributed by atoms with E-state index in [2.05, 4.69) is 15.9 Å². The molecule has 1 saturated heterocycles. The molecule has 0 radical (unpaired) electrons. The molecule has 1 aromatic rings. The minimum absolute atomic E-state index is 0.00758. The van der Waals surface area contributed by atoms with Crippen molar-refractivity contribution in [2.24, 2.45) is 5.73 Å². The van der Waals surface area contributed by atoms with E-state index in [1.807, 2.05) is 31.2 Å². The standard InChI is InChI=1S/C13H17BrN2O2/c1-13(6-7-15)9-16(12(17)8-18-13)11-4-2-10(14)3-5-11/h2-5H,6-9,15H2,1H3. The van der Waals surface area contributed by atoms with Gasteiger partial charge in [-0.15, -0.1) is 0 Å². The SMILES string of the molecule is CC1(CCN)CN(c2ccc(Br)cc2)C(=O)CO1. The van der Waals surface area contributed by atoms with Crippen LogP contribution in [0.25, 0.3) is 0 Å². The van der Waals surface area contributed by atoms with Crippen LogP contribution in [0.3, 0.4) is 0 Å². The number of anilines is 1. The molecule has 0 aliphatic carbocycles. The number of morpholine rings is 1. The first-order chi connectivity index (χ1) is 8.54. The highest BCUT2D eigenvalue weighted by Gasteiger charge is 2.35. The molecule has 2 N–H and O–H groups in total.